The molecule has 75 heavy (non-hydrogen) atoms. The summed E-state index contributed by atoms with van der Waals surface area (Å²) in [7, 11) is -4.25. The lowest BCUT2D eigenvalue weighted by Gasteiger charge is -2.27. The molecule has 0 saturated carbocycles. The number of rotatable bonds is 26. The number of benzene rings is 4. The standard InChI is InChI=1S/C52H55FN8O13S/c53-42-30-37(8-10-38(42)34-28-41(48(54)57-31-34)32-7-9-39-33(27-32)13-15-56-49(39)64)75(68,69)60-36-4-1-3-35(29-36)58-46(63)14-17-70-19-21-72-23-25-74-26-24-73-22-20-71-18-16-55-43-6-2-5-40-47(43)52(67)61(51(40)66)44-11-12-45(62)59-50(44)65/h1-10,27-31,44,55,60H,11-26H2,(H2,54,57)(H,56,64)(H,58,63)(H,59,62,65). The summed E-state index contributed by atoms with van der Waals surface area (Å²) in [5.74, 6) is -3.37. The van der Waals surface area contributed by atoms with Gasteiger partial charge in [0.15, 0.2) is 0 Å². The van der Waals surface area contributed by atoms with Crippen molar-refractivity contribution in [2.75, 3.05) is 100 Å². The van der Waals surface area contributed by atoms with Crippen molar-refractivity contribution in [3.05, 3.63) is 119 Å². The first-order chi connectivity index (χ1) is 36.3. The van der Waals surface area contributed by atoms with E-state index in [-0.39, 0.29) is 84.0 Å². The number of pyridine rings is 1. The minimum Gasteiger partial charge on any atom is -0.383 e. The molecule has 1 saturated heterocycles. The summed E-state index contributed by atoms with van der Waals surface area (Å²) in [6, 6.07) is 20.4. The van der Waals surface area contributed by atoms with Crippen LogP contribution in [-0.4, -0.2) is 139 Å². The highest BCUT2D eigenvalue weighted by Crippen LogP contribution is 2.35. The highest BCUT2D eigenvalue weighted by Gasteiger charge is 2.45. The summed E-state index contributed by atoms with van der Waals surface area (Å²) in [5, 5.41) is 10.8. The molecular formula is C52H55FN8O13S. The molecule has 4 heterocycles. The molecule has 4 aromatic carbocycles. The lowest BCUT2D eigenvalue weighted by molar-refractivity contribution is -0.136. The van der Waals surface area contributed by atoms with E-state index in [9.17, 15) is 37.2 Å². The van der Waals surface area contributed by atoms with Gasteiger partial charge in [-0.05, 0) is 78.6 Å². The number of nitrogen functional groups attached to an aromatic ring is 1. The number of amides is 6. The van der Waals surface area contributed by atoms with Crippen molar-refractivity contribution < 1.29 is 65.3 Å². The summed E-state index contributed by atoms with van der Waals surface area (Å²) < 4.78 is 72.4. The van der Waals surface area contributed by atoms with E-state index in [1.165, 1.54) is 36.5 Å². The van der Waals surface area contributed by atoms with Gasteiger partial charge < -0.3 is 45.4 Å². The van der Waals surface area contributed by atoms with Gasteiger partial charge in [0, 0.05) is 59.3 Å². The van der Waals surface area contributed by atoms with Crippen molar-refractivity contribution in [1.29, 1.82) is 0 Å². The number of carbonyl (C=O) groups excluding carboxylic acids is 6. The van der Waals surface area contributed by atoms with E-state index in [0.717, 1.165) is 16.5 Å². The zero-order valence-electron chi connectivity index (χ0n) is 40.6. The van der Waals surface area contributed by atoms with Gasteiger partial charge in [-0.3, -0.25) is 43.7 Å². The van der Waals surface area contributed by atoms with Crippen LogP contribution in [0.4, 0.5) is 27.3 Å². The molecule has 6 amide bonds. The van der Waals surface area contributed by atoms with Crippen LogP contribution in [0.5, 0.6) is 0 Å². The van der Waals surface area contributed by atoms with Gasteiger partial charge in [-0.1, -0.05) is 30.3 Å². The van der Waals surface area contributed by atoms with Crippen LogP contribution >= 0.6 is 0 Å². The Balaban J connectivity index is 0.653. The van der Waals surface area contributed by atoms with Crippen molar-refractivity contribution in [3.63, 3.8) is 0 Å². The lowest BCUT2D eigenvalue weighted by atomic mass is 9.94. The smallest absolute Gasteiger partial charge is 0.264 e. The molecule has 8 rings (SSSR count). The zero-order chi connectivity index (χ0) is 52.9. The quantitative estimate of drug-likeness (QED) is 0.0335. The number of aromatic nitrogens is 1. The maximum atomic E-state index is 15.6. The number of halogens is 1. The number of sulfonamides is 1. The number of piperidine rings is 1. The molecule has 23 heteroatoms. The van der Waals surface area contributed by atoms with Gasteiger partial charge in [0.05, 0.1) is 94.2 Å². The van der Waals surface area contributed by atoms with Gasteiger partial charge in [0.2, 0.25) is 17.7 Å². The molecule has 3 aliphatic heterocycles. The number of anilines is 4. The molecule has 1 fully saturated rings. The third kappa shape index (κ3) is 13.6. The maximum absolute atomic E-state index is 15.6. The largest absolute Gasteiger partial charge is 0.383 e. The summed E-state index contributed by atoms with van der Waals surface area (Å²) >= 11 is 0. The number of fused-ring (bicyclic) bond motifs is 2. The second-order valence-corrected chi connectivity index (χ2v) is 19.0. The topological polar surface area (TPSA) is 285 Å². The Morgan fingerprint density at radius 2 is 1.40 bits per heavy atom. The van der Waals surface area contributed by atoms with E-state index in [4.69, 9.17) is 29.4 Å². The third-order valence-electron chi connectivity index (χ3n) is 12.2. The number of ether oxygens (including phenoxy) is 5. The summed E-state index contributed by atoms with van der Waals surface area (Å²) in [4.78, 5) is 79.9. The number of hydrogen-bond acceptors (Lipinski definition) is 16. The number of nitrogens with zero attached hydrogens (tertiary/aromatic N) is 2. The van der Waals surface area contributed by atoms with Crippen molar-refractivity contribution in [3.8, 4) is 22.3 Å². The number of hydrogen-bond donors (Lipinski definition) is 6. The zero-order valence-corrected chi connectivity index (χ0v) is 41.4. The Morgan fingerprint density at radius 1 is 0.720 bits per heavy atom. The lowest BCUT2D eigenvalue weighted by Crippen LogP contribution is -2.54. The number of nitrogens with one attached hydrogen (secondary N) is 5. The van der Waals surface area contributed by atoms with Crippen LogP contribution < -0.4 is 31.7 Å². The van der Waals surface area contributed by atoms with E-state index in [2.05, 4.69) is 31.0 Å². The molecular weight excluding hydrogens is 996 g/mol. The molecule has 21 nitrogen and oxygen atoms in total. The average Bonchev–Trinajstić information content (AvgIpc) is 3.64. The first kappa shape index (κ1) is 53.6. The molecule has 0 bridgehead atoms. The first-order valence-corrected chi connectivity index (χ1v) is 25.6. The summed E-state index contributed by atoms with van der Waals surface area (Å²) in [5.41, 5.74) is 10.7. The van der Waals surface area contributed by atoms with Crippen molar-refractivity contribution in [1.82, 2.24) is 20.5 Å². The Hall–Kier alpha value is -7.67. The fourth-order valence-corrected chi connectivity index (χ4v) is 9.57. The number of imide groups is 2. The van der Waals surface area contributed by atoms with E-state index >= 15 is 4.39 Å². The molecule has 1 aromatic heterocycles. The van der Waals surface area contributed by atoms with Crippen LogP contribution in [0.25, 0.3) is 22.3 Å². The Kier molecular flexibility index (Phi) is 17.9. The third-order valence-corrected chi connectivity index (χ3v) is 13.6. The normalized spacial score (nSPS) is 15.3. The van der Waals surface area contributed by atoms with Gasteiger partial charge >= 0.3 is 0 Å². The second-order valence-electron chi connectivity index (χ2n) is 17.3. The highest BCUT2D eigenvalue weighted by molar-refractivity contribution is 7.92. The van der Waals surface area contributed by atoms with Crippen LogP contribution in [0.15, 0.2) is 96.0 Å². The molecule has 0 spiro atoms. The second kappa shape index (κ2) is 25.0. The fourth-order valence-electron chi connectivity index (χ4n) is 8.51. The molecule has 0 aliphatic carbocycles. The van der Waals surface area contributed by atoms with Gasteiger partial charge in [-0.2, -0.15) is 0 Å². The monoisotopic (exact) mass is 1050 g/mol. The summed E-state index contributed by atoms with van der Waals surface area (Å²) in [6.45, 7) is 3.77. The predicted molar refractivity (Wildman–Crippen MR) is 272 cm³/mol. The molecule has 7 N–H and O–H groups in total. The van der Waals surface area contributed by atoms with Crippen molar-refractivity contribution in [2.45, 2.75) is 36.6 Å². The number of carbonyl (C=O) groups is 6. The maximum Gasteiger partial charge on any atom is 0.264 e. The minimum absolute atomic E-state index is 0.0267. The van der Waals surface area contributed by atoms with Crippen LogP contribution in [0.3, 0.4) is 0 Å². The molecule has 1 atom stereocenters. The first-order valence-electron chi connectivity index (χ1n) is 24.1. The van der Waals surface area contributed by atoms with Crippen LogP contribution in [0, 0.1) is 5.82 Å². The van der Waals surface area contributed by atoms with Crippen LogP contribution in [0.2, 0.25) is 0 Å². The van der Waals surface area contributed by atoms with Crippen molar-refractivity contribution in [2.24, 2.45) is 0 Å². The van der Waals surface area contributed by atoms with E-state index < -0.39 is 45.5 Å². The average molecular weight is 1050 g/mol. The van der Waals surface area contributed by atoms with E-state index in [1.54, 1.807) is 42.5 Å². The van der Waals surface area contributed by atoms with Crippen molar-refractivity contribution >= 4 is 68.3 Å². The Labute approximate surface area is 431 Å². The number of nitrogens with two attached hydrogens (primary N) is 1. The van der Waals surface area contributed by atoms with Gasteiger partial charge in [-0.15, -0.1) is 0 Å². The molecule has 394 valence electrons. The molecule has 3 aliphatic rings. The molecule has 1 unspecified atom stereocenters. The Bertz CT molecular complexity index is 3090. The van der Waals surface area contributed by atoms with Gasteiger partial charge in [-0.25, -0.2) is 17.8 Å². The van der Waals surface area contributed by atoms with Crippen LogP contribution in [-0.2, 0) is 54.5 Å². The van der Waals surface area contributed by atoms with Crippen LogP contribution in [0.1, 0.15) is 55.9 Å². The predicted octanol–water partition coefficient (Wildman–Crippen LogP) is 4.15. The minimum atomic E-state index is -4.25. The van der Waals surface area contributed by atoms with E-state index in [0.29, 0.717) is 99.4 Å². The highest BCUT2D eigenvalue weighted by atomic mass is 32.2. The molecule has 5 aromatic rings. The Morgan fingerprint density at radius 3 is 2.12 bits per heavy atom. The van der Waals surface area contributed by atoms with Gasteiger partial charge in [0.1, 0.15) is 17.7 Å². The molecule has 0 radical (unpaired) electrons. The summed E-state index contributed by atoms with van der Waals surface area (Å²) in [6.07, 6.45) is 2.20. The van der Waals surface area contributed by atoms with Gasteiger partial charge in [0.25, 0.3) is 27.7 Å². The fraction of sp³-hybridized carbons (Fsp3) is 0.327. The van der Waals surface area contributed by atoms with E-state index in [1.807, 2.05) is 6.07 Å². The SMILES string of the molecule is Nc1ncc(-c2ccc(S(=O)(=O)Nc3cccc(NC(=O)CCOCCOCCOCCOCCOCCNc4cccc5c4C(=O)N(C4CCC(=O)NC4=O)C5=O)c3)cc2F)cc1-c1ccc2c(c1)CCNC2=O.